The predicted molar refractivity (Wildman–Crippen MR) is 260 cm³/mol. The van der Waals surface area contributed by atoms with Gasteiger partial charge in [-0.3, -0.25) is 14.4 Å². The van der Waals surface area contributed by atoms with Crippen LogP contribution in [0.2, 0.25) is 0 Å². The first kappa shape index (κ1) is 57.1. The molecule has 0 saturated carbocycles. The highest BCUT2D eigenvalue weighted by Crippen LogP contribution is 2.11. The molecule has 1 atom stereocenters. The molecular weight excluding hydrogens is 757 g/mol. The molecule has 0 heterocycles. The highest BCUT2D eigenvalue weighted by molar-refractivity contribution is 5.71. The number of rotatable bonds is 42. The molecule has 0 aliphatic rings. The maximum Gasteiger partial charge on any atom is 0.306 e. The van der Waals surface area contributed by atoms with Crippen molar-refractivity contribution in [3.8, 4) is 0 Å². The number of carbonyl (C=O) groups excluding carboxylic acids is 3. The van der Waals surface area contributed by atoms with E-state index in [1.807, 2.05) is 36.5 Å². The largest absolute Gasteiger partial charge is 0.462 e. The van der Waals surface area contributed by atoms with Gasteiger partial charge in [0.15, 0.2) is 6.10 Å². The molecule has 6 nitrogen and oxygen atoms in total. The van der Waals surface area contributed by atoms with E-state index in [4.69, 9.17) is 14.2 Å². The SMILES string of the molecule is CC\C=C/C=C\C=C/C=C\CCCCCC(=O)OC(COC(=O)CCC/C=C\C/C=C\C/C=C\C/C=C\CCCCC)COC(=O)CCCCC/C=C\CCCCCCCC. The van der Waals surface area contributed by atoms with Gasteiger partial charge in [0.2, 0.25) is 0 Å². The van der Waals surface area contributed by atoms with Gasteiger partial charge in [-0.25, -0.2) is 0 Å². The monoisotopic (exact) mass is 845 g/mol. The molecule has 0 fully saturated rings. The van der Waals surface area contributed by atoms with Crippen LogP contribution < -0.4 is 0 Å². The number of esters is 3. The van der Waals surface area contributed by atoms with E-state index in [2.05, 4.69) is 93.7 Å². The van der Waals surface area contributed by atoms with Crippen LogP contribution in [0.15, 0.2) is 109 Å². The van der Waals surface area contributed by atoms with E-state index in [9.17, 15) is 14.4 Å². The average molecular weight is 845 g/mol. The van der Waals surface area contributed by atoms with Crippen molar-refractivity contribution >= 4 is 17.9 Å². The van der Waals surface area contributed by atoms with Gasteiger partial charge in [-0.1, -0.05) is 188 Å². The van der Waals surface area contributed by atoms with E-state index in [0.717, 1.165) is 83.5 Å². The van der Waals surface area contributed by atoms with Crippen molar-refractivity contribution in [3.05, 3.63) is 109 Å². The summed E-state index contributed by atoms with van der Waals surface area (Å²) in [6.07, 6.45) is 65.0. The minimum absolute atomic E-state index is 0.121. The lowest BCUT2D eigenvalue weighted by molar-refractivity contribution is -0.167. The lowest BCUT2D eigenvalue weighted by Gasteiger charge is -2.18. The van der Waals surface area contributed by atoms with Crippen LogP contribution in [0.5, 0.6) is 0 Å². The van der Waals surface area contributed by atoms with Crippen molar-refractivity contribution in [1.82, 2.24) is 0 Å². The summed E-state index contributed by atoms with van der Waals surface area (Å²) in [5.41, 5.74) is 0. The van der Waals surface area contributed by atoms with Gasteiger partial charge in [-0.05, 0) is 103 Å². The van der Waals surface area contributed by atoms with Crippen molar-refractivity contribution in [3.63, 3.8) is 0 Å². The van der Waals surface area contributed by atoms with Crippen LogP contribution in [0.4, 0.5) is 0 Å². The second-order valence-corrected chi connectivity index (χ2v) is 15.7. The molecule has 0 aromatic rings. The lowest BCUT2D eigenvalue weighted by Crippen LogP contribution is -2.30. The first-order chi connectivity index (χ1) is 30.0. The number of unbranched alkanes of at least 4 members (excludes halogenated alkanes) is 16. The summed E-state index contributed by atoms with van der Waals surface area (Å²) in [6.45, 7) is 6.34. The molecule has 0 spiro atoms. The van der Waals surface area contributed by atoms with E-state index in [0.29, 0.717) is 19.3 Å². The zero-order valence-corrected chi connectivity index (χ0v) is 39.1. The van der Waals surface area contributed by atoms with Crippen LogP contribution in [-0.2, 0) is 28.6 Å². The summed E-state index contributed by atoms with van der Waals surface area (Å²) in [7, 11) is 0. The number of hydrogen-bond acceptors (Lipinski definition) is 6. The number of allylic oxidation sites excluding steroid dienone is 18. The molecule has 0 aliphatic heterocycles. The van der Waals surface area contributed by atoms with Crippen LogP contribution in [0.3, 0.4) is 0 Å². The molecule has 0 radical (unpaired) electrons. The maximum absolute atomic E-state index is 12.7. The van der Waals surface area contributed by atoms with Gasteiger partial charge in [-0.15, -0.1) is 0 Å². The molecular formula is C55H88O6. The molecule has 1 unspecified atom stereocenters. The Bertz CT molecular complexity index is 1290. The van der Waals surface area contributed by atoms with E-state index in [-0.39, 0.29) is 44.0 Å². The zero-order chi connectivity index (χ0) is 44.4. The molecule has 0 aliphatic carbocycles. The Balaban J connectivity index is 4.57. The number of carbonyl (C=O) groups is 3. The van der Waals surface area contributed by atoms with E-state index in [1.165, 1.54) is 64.2 Å². The lowest BCUT2D eigenvalue weighted by atomic mass is 10.1. The van der Waals surface area contributed by atoms with Crippen LogP contribution in [0.1, 0.15) is 201 Å². The molecule has 0 rings (SSSR count). The molecule has 0 N–H and O–H groups in total. The Morgan fingerprint density at radius 2 is 0.721 bits per heavy atom. The van der Waals surface area contributed by atoms with Gasteiger partial charge in [0.05, 0.1) is 0 Å². The summed E-state index contributed by atoms with van der Waals surface area (Å²) in [6, 6.07) is 0. The Morgan fingerprint density at radius 3 is 1.26 bits per heavy atom. The topological polar surface area (TPSA) is 78.9 Å². The van der Waals surface area contributed by atoms with Crippen LogP contribution in [-0.4, -0.2) is 37.2 Å². The normalized spacial score (nSPS) is 13.0. The Labute approximate surface area is 374 Å². The fraction of sp³-hybridized carbons (Fsp3) is 0.618. The molecule has 0 aromatic heterocycles. The molecule has 0 bridgehead atoms. The number of hydrogen-bond donors (Lipinski definition) is 0. The molecule has 0 aromatic carbocycles. The van der Waals surface area contributed by atoms with Gasteiger partial charge in [0.1, 0.15) is 13.2 Å². The third kappa shape index (κ3) is 47.0. The summed E-state index contributed by atoms with van der Waals surface area (Å²) in [4.78, 5) is 37.8. The Morgan fingerprint density at radius 1 is 0.361 bits per heavy atom. The van der Waals surface area contributed by atoms with Crippen LogP contribution in [0.25, 0.3) is 0 Å². The third-order valence-corrected chi connectivity index (χ3v) is 9.83. The molecule has 0 saturated heterocycles. The zero-order valence-electron chi connectivity index (χ0n) is 39.1. The molecule has 0 amide bonds. The fourth-order valence-electron chi connectivity index (χ4n) is 6.14. The number of ether oxygens (including phenoxy) is 3. The average Bonchev–Trinajstić information content (AvgIpc) is 3.26. The highest BCUT2D eigenvalue weighted by atomic mass is 16.6. The summed E-state index contributed by atoms with van der Waals surface area (Å²) in [5.74, 6) is -1.04. The van der Waals surface area contributed by atoms with E-state index in [1.54, 1.807) is 0 Å². The van der Waals surface area contributed by atoms with Gasteiger partial charge >= 0.3 is 17.9 Å². The first-order valence-corrected chi connectivity index (χ1v) is 24.4. The quantitative estimate of drug-likeness (QED) is 0.0200. The predicted octanol–water partition coefficient (Wildman–Crippen LogP) is 16.0. The first-order valence-electron chi connectivity index (χ1n) is 24.4. The molecule has 61 heavy (non-hydrogen) atoms. The van der Waals surface area contributed by atoms with Gasteiger partial charge in [-0.2, -0.15) is 0 Å². The van der Waals surface area contributed by atoms with Crippen molar-refractivity contribution in [1.29, 1.82) is 0 Å². The van der Waals surface area contributed by atoms with Crippen molar-refractivity contribution in [2.75, 3.05) is 13.2 Å². The van der Waals surface area contributed by atoms with Crippen LogP contribution in [0, 0.1) is 0 Å². The summed E-state index contributed by atoms with van der Waals surface area (Å²) >= 11 is 0. The van der Waals surface area contributed by atoms with E-state index >= 15 is 0 Å². The van der Waals surface area contributed by atoms with Gasteiger partial charge in [0.25, 0.3) is 0 Å². The standard InChI is InChI=1S/C55H88O6/c1-4-7-10-13-16-19-22-25-26-27-28-31-33-36-39-42-45-48-54(57)60-51-52(61-55(58)49-46-43-40-37-34-30-24-21-18-15-12-9-6-3)50-59-53(56)47-44-41-38-35-32-29-23-20-17-14-11-8-5-2/h9,12,15-16,18-19,21,24-26,28-32,34,36,39,52H,4-8,10-11,13-14,17,20,22-23,27,33,35,37-38,40-51H2,1-3H3/b12-9-,18-15-,19-16-,24-21-,26-25-,31-28-,32-29-,34-30-,39-36-. The van der Waals surface area contributed by atoms with Crippen molar-refractivity contribution in [2.45, 2.75) is 207 Å². The second-order valence-electron chi connectivity index (χ2n) is 15.7. The molecule has 6 heteroatoms. The molecule has 344 valence electrons. The Kier molecular flexibility index (Phi) is 45.6. The van der Waals surface area contributed by atoms with Gasteiger partial charge < -0.3 is 14.2 Å². The maximum atomic E-state index is 12.7. The van der Waals surface area contributed by atoms with Crippen LogP contribution >= 0.6 is 0 Å². The fourth-order valence-corrected chi connectivity index (χ4v) is 6.14. The minimum atomic E-state index is -0.827. The Hall–Kier alpha value is -3.93. The van der Waals surface area contributed by atoms with Crippen molar-refractivity contribution in [2.24, 2.45) is 0 Å². The summed E-state index contributed by atoms with van der Waals surface area (Å²) < 4.78 is 16.7. The third-order valence-electron chi connectivity index (χ3n) is 9.83. The summed E-state index contributed by atoms with van der Waals surface area (Å²) in [5, 5.41) is 0. The smallest absolute Gasteiger partial charge is 0.306 e. The van der Waals surface area contributed by atoms with E-state index < -0.39 is 6.10 Å². The van der Waals surface area contributed by atoms with Gasteiger partial charge in [0, 0.05) is 19.3 Å². The second kappa shape index (κ2) is 48.7. The van der Waals surface area contributed by atoms with Crippen molar-refractivity contribution < 1.29 is 28.6 Å². The highest BCUT2D eigenvalue weighted by Gasteiger charge is 2.19. The minimum Gasteiger partial charge on any atom is -0.462 e.